The fourth-order valence-electron chi connectivity index (χ4n) is 3.85. The first-order valence-electron chi connectivity index (χ1n) is 8.23. The molecule has 0 aromatic heterocycles. The van der Waals surface area contributed by atoms with Gasteiger partial charge in [-0.2, -0.15) is 0 Å². The first-order chi connectivity index (χ1) is 10.8. The Morgan fingerprint density at radius 2 is 1.86 bits per heavy atom. The standard InChI is InChI=1S/C17H22BrNO3/c18-13-2-3-15-16(12-13)20-11-8-19(15)14-4-6-17(7-5-14)21-9-1-10-22-17/h2-3,12,14H,1,4-11H2. The molecule has 5 heteroatoms. The Hall–Kier alpha value is -0.780. The van der Waals surface area contributed by atoms with Crippen molar-refractivity contribution in [3.8, 4) is 5.75 Å². The van der Waals surface area contributed by atoms with Gasteiger partial charge < -0.3 is 19.1 Å². The molecule has 1 aromatic carbocycles. The third-order valence-electron chi connectivity index (χ3n) is 5.00. The number of rotatable bonds is 1. The minimum Gasteiger partial charge on any atom is -0.490 e. The van der Waals surface area contributed by atoms with E-state index in [1.165, 1.54) is 5.69 Å². The van der Waals surface area contributed by atoms with Crippen LogP contribution < -0.4 is 9.64 Å². The normalized spacial score (nSPS) is 24.9. The van der Waals surface area contributed by atoms with Crippen molar-refractivity contribution >= 4 is 21.6 Å². The van der Waals surface area contributed by atoms with Crippen molar-refractivity contribution in [3.05, 3.63) is 22.7 Å². The van der Waals surface area contributed by atoms with Crippen molar-refractivity contribution in [1.82, 2.24) is 0 Å². The summed E-state index contributed by atoms with van der Waals surface area (Å²) >= 11 is 3.52. The minimum absolute atomic E-state index is 0.288. The van der Waals surface area contributed by atoms with E-state index < -0.39 is 0 Å². The van der Waals surface area contributed by atoms with Crippen LogP contribution in [0.1, 0.15) is 32.1 Å². The van der Waals surface area contributed by atoms with E-state index in [0.717, 1.165) is 68.7 Å². The van der Waals surface area contributed by atoms with Gasteiger partial charge in [-0.25, -0.2) is 0 Å². The molecule has 1 spiro atoms. The van der Waals surface area contributed by atoms with Crippen molar-refractivity contribution in [1.29, 1.82) is 0 Å². The van der Waals surface area contributed by atoms with Gasteiger partial charge >= 0.3 is 0 Å². The second-order valence-corrected chi connectivity index (χ2v) is 7.26. The predicted octanol–water partition coefficient (Wildman–Crippen LogP) is 3.72. The lowest BCUT2D eigenvalue weighted by atomic mass is 9.88. The van der Waals surface area contributed by atoms with Gasteiger partial charge in [-0.15, -0.1) is 0 Å². The summed E-state index contributed by atoms with van der Waals surface area (Å²) < 4.78 is 18.8. The van der Waals surface area contributed by atoms with Crippen molar-refractivity contribution in [3.63, 3.8) is 0 Å². The Morgan fingerprint density at radius 1 is 1.09 bits per heavy atom. The SMILES string of the molecule is Brc1ccc2c(c1)OCCN2C1CCC2(CC1)OCCCO2. The fourth-order valence-corrected chi connectivity index (χ4v) is 4.19. The van der Waals surface area contributed by atoms with Crippen molar-refractivity contribution in [2.75, 3.05) is 31.3 Å². The van der Waals surface area contributed by atoms with Gasteiger partial charge in [0.2, 0.25) is 0 Å². The van der Waals surface area contributed by atoms with Crippen LogP contribution in [0.15, 0.2) is 22.7 Å². The van der Waals surface area contributed by atoms with Crippen LogP contribution in [0.5, 0.6) is 5.75 Å². The smallest absolute Gasteiger partial charge is 0.168 e. The van der Waals surface area contributed by atoms with E-state index in [2.05, 4.69) is 39.0 Å². The molecule has 3 aliphatic rings. The Kier molecular flexibility index (Phi) is 4.05. The number of hydrogen-bond acceptors (Lipinski definition) is 4. The molecule has 0 amide bonds. The monoisotopic (exact) mass is 367 g/mol. The molecule has 1 aliphatic carbocycles. The third kappa shape index (κ3) is 2.74. The number of fused-ring (bicyclic) bond motifs is 1. The minimum atomic E-state index is -0.288. The van der Waals surface area contributed by atoms with E-state index in [1.807, 2.05) is 0 Å². The zero-order valence-electron chi connectivity index (χ0n) is 12.7. The molecule has 4 nitrogen and oxygen atoms in total. The Bertz CT molecular complexity index is 535. The van der Waals surface area contributed by atoms with Gasteiger partial charge in [0.25, 0.3) is 0 Å². The molecule has 2 heterocycles. The molecular weight excluding hydrogens is 346 g/mol. The number of hydrogen-bond donors (Lipinski definition) is 0. The molecule has 0 bridgehead atoms. The highest BCUT2D eigenvalue weighted by atomic mass is 79.9. The molecule has 0 atom stereocenters. The molecule has 1 aromatic rings. The first-order valence-corrected chi connectivity index (χ1v) is 9.02. The lowest BCUT2D eigenvalue weighted by molar-refractivity contribution is -0.280. The van der Waals surface area contributed by atoms with E-state index in [4.69, 9.17) is 14.2 Å². The topological polar surface area (TPSA) is 30.9 Å². The van der Waals surface area contributed by atoms with E-state index in [1.54, 1.807) is 0 Å². The highest BCUT2D eigenvalue weighted by Crippen LogP contribution is 2.41. The Labute approximate surface area is 139 Å². The molecule has 2 fully saturated rings. The van der Waals surface area contributed by atoms with Gasteiger partial charge in [0.05, 0.1) is 25.4 Å². The molecule has 0 radical (unpaired) electrons. The largest absolute Gasteiger partial charge is 0.490 e. The quantitative estimate of drug-likeness (QED) is 0.756. The van der Waals surface area contributed by atoms with E-state index >= 15 is 0 Å². The van der Waals surface area contributed by atoms with Crippen LogP contribution >= 0.6 is 15.9 Å². The number of ether oxygens (including phenoxy) is 3. The molecule has 22 heavy (non-hydrogen) atoms. The number of benzene rings is 1. The van der Waals surface area contributed by atoms with E-state index in [-0.39, 0.29) is 5.79 Å². The maximum absolute atomic E-state index is 5.96. The highest BCUT2D eigenvalue weighted by Gasteiger charge is 2.41. The maximum atomic E-state index is 5.96. The van der Waals surface area contributed by atoms with Gasteiger partial charge in [0.15, 0.2) is 5.79 Å². The molecular formula is C17H22BrNO3. The van der Waals surface area contributed by atoms with E-state index in [9.17, 15) is 0 Å². The number of nitrogens with zero attached hydrogens (tertiary/aromatic N) is 1. The summed E-state index contributed by atoms with van der Waals surface area (Å²) in [6.45, 7) is 3.42. The third-order valence-corrected chi connectivity index (χ3v) is 5.49. The average molecular weight is 368 g/mol. The molecule has 2 aliphatic heterocycles. The maximum Gasteiger partial charge on any atom is 0.168 e. The van der Waals surface area contributed by atoms with Gasteiger partial charge in [-0.1, -0.05) is 15.9 Å². The lowest BCUT2D eigenvalue weighted by Gasteiger charge is -2.46. The number of anilines is 1. The van der Waals surface area contributed by atoms with Crippen LogP contribution in [0, 0.1) is 0 Å². The summed E-state index contributed by atoms with van der Waals surface area (Å²) in [4.78, 5) is 2.51. The molecule has 0 N–H and O–H groups in total. The Balaban J connectivity index is 1.48. The van der Waals surface area contributed by atoms with Gasteiger partial charge in [0, 0.05) is 23.4 Å². The second-order valence-electron chi connectivity index (χ2n) is 6.35. The number of halogens is 1. The van der Waals surface area contributed by atoms with E-state index in [0.29, 0.717) is 6.04 Å². The average Bonchev–Trinajstić information content (AvgIpc) is 2.56. The fraction of sp³-hybridized carbons (Fsp3) is 0.647. The first kappa shape index (κ1) is 14.8. The second kappa shape index (κ2) is 6.02. The van der Waals surface area contributed by atoms with Crippen LogP contribution in [0.3, 0.4) is 0 Å². The zero-order valence-corrected chi connectivity index (χ0v) is 14.3. The van der Waals surface area contributed by atoms with Crippen LogP contribution in [-0.2, 0) is 9.47 Å². The molecule has 4 rings (SSSR count). The zero-order chi connectivity index (χ0) is 15.0. The van der Waals surface area contributed by atoms with Crippen LogP contribution in [0.2, 0.25) is 0 Å². The van der Waals surface area contributed by atoms with Crippen LogP contribution in [-0.4, -0.2) is 38.2 Å². The van der Waals surface area contributed by atoms with Crippen LogP contribution in [0.4, 0.5) is 5.69 Å². The van der Waals surface area contributed by atoms with Gasteiger partial charge in [0.1, 0.15) is 12.4 Å². The lowest BCUT2D eigenvalue weighted by Crippen LogP contribution is -2.50. The van der Waals surface area contributed by atoms with Gasteiger partial charge in [-0.3, -0.25) is 0 Å². The summed E-state index contributed by atoms with van der Waals surface area (Å²) in [5.41, 5.74) is 1.22. The summed E-state index contributed by atoms with van der Waals surface area (Å²) in [6, 6.07) is 6.89. The molecule has 0 unspecified atom stereocenters. The van der Waals surface area contributed by atoms with Crippen molar-refractivity contribution in [2.45, 2.75) is 43.9 Å². The summed E-state index contributed by atoms with van der Waals surface area (Å²) in [7, 11) is 0. The molecule has 120 valence electrons. The van der Waals surface area contributed by atoms with Crippen molar-refractivity contribution < 1.29 is 14.2 Å². The highest BCUT2D eigenvalue weighted by molar-refractivity contribution is 9.10. The summed E-state index contributed by atoms with van der Waals surface area (Å²) in [5, 5.41) is 0. The van der Waals surface area contributed by atoms with Crippen LogP contribution in [0.25, 0.3) is 0 Å². The molecule has 1 saturated carbocycles. The van der Waals surface area contributed by atoms with Gasteiger partial charge in [-0.05, 0) is 37.5 Å². The summed E-state index contributed by atoms with van der Waals surface area (Å²) in [5.74, 6) is 0.704. The molecule has 1 saturated heterocycles. The predicted molar refractivity (Wildman–Crippen MR) is 88.5 cm³/mol. The Morgan fingerprint density at radius 3 is 2.64 bits per heavy atom. The summed E-state index contributed by atoms with van der Waals surface area (Å²) in [6.07, 6.45) is 5.27. The van der Waals surface area contributed by atoms with Crippen molar-refractivity contribution in [2.24, 2.45) is 0 Å².